The summed E-state index contributed by atoms with van der Waals surface area (Å²) < 4.78 is 0. The third-order valence-corrected chi connectivity index (χ3v) is 3.47. The van der Waals surface area contributed by atoms with Crippen LogP contribution in [0.4, 0.5) is 0 Å². The van der Waals surface area contributed by atoms with E-state index in [1.165, 1.54) is 36.4 Å². The second-order valence-electron chi connectivity index (χ2n) is 4.98. The number of phenols is 4. The normalized spacial score (nSPS) is 10.5. The lowest BCUT2D eigenvalue weighted by Crippen LogP contribution is -1.82. The molecular formula is C18H14O4. The van der Waals surface area contributed by atoms with Crippen LogP contribution in [0.25, 0.3) is 22.3 Å². The van der Waals surface area contributed by atoms with Crippen molar-refractivity contribution in [3.8, 4) is 45.3 Å². The van der Waals surface area contributed by atoms with E-state index >= 15 is 0 Å². The van der Waals surface area contributed by atoms with E-state index in [1.807, 2.05) is 0 Å². The lowest BCUT2D eigenvalue weighted by Gasteiger charge is -2.09. The maximum atomic E-state index is 9.87. The molecule has 0 saturated carbocycles. The van der Waals surface area contributed by atoms with E-state index in [0.29, 0.717) is 11.1 Å². The molecule has 4 nitrogen and oxygen atoms in total. The van der Waals surface area contributed by atoms with Crippen LogP contribution in [0.2, 0.25) is 0 Å². The summed E-state index contributed by atoms with van der Waals surface area (Å²) in [6.07, 6.45) is 0. The number of phenolic OH excluding ortho intramolecular Hbond substituents is 4. The monoisotopic (exact) mass is 294 g/mol. The third kappa shape index (κ3) is 2.54. The van der Waals surface area contributed by atoms with Crippen LogP contribution in [0.3, 0.4) is 0 Å². The van der Waals surface area contributed by atoms with Crippen molar-refractivity contribution in [1.82, 2.24) is 0 Å². The van der Waals surface area contributed by atoms with Crippen molar-refractivity contribution in [3.63, 3.8) is 0 Å². The van der Waals surface area contributed by atoms with Crippen LogP contribution < -0.4 is 0 Å². The highest BCUT2D eigenvalue weighted by molar-refractivity contribution is 5.77. The van der Waals surface area contributed by atoms with Crippen LogP contribution in [0, 0.1) is 0 Å². The minimum absolute atomic E-state index is 0.0718. The molecule has 0 aliphatic carbocycles. The summed E-state index contributed by atoms with van der Waals surface area (Å²) >= 11 is 0. The Labute approximate surface area is 127 Å². The Morgan fingerprint density at radius 1 is 0.455 bits per heavy atom. The predicted molar refractivity (Wildman–Crippen MR) is 84.0 cm³/mol. The van der Waals surface area contributed by atoms with Gasteiger partial charge in [0.2, 0.25) is 0 Å². The molecule has 0 amide bonds. The molecule has 0 spiro atoms. The summed E-state index contributed by atoms with van der Waals surface area (Å²) in [5.74, 6) is 0.293. The van der Waals surface area contributed by atoms with Gasteiger partial charge in [-0.25, -0.2) is 0 Å². The minimum Gasteiger partial charge on any atom is -0.508 e. The molecule has 3 rings (SSSR count). The number of benzene rings is 3. The highest BCUT2D eigenvalue weighted by Crippen LogP contribution is 2.36. The fourth-order valence-electron chi connectivity index (χ4n) is 2.34. The van der Waals surface area contributed by atoms with Gasteiger partial charge in [-0.1, -0.05) is 24.3 Å². The maximum absolute atomic E-state index is 9.87. The van der Waals surface area contributed by atoms with E-state index in [2.05, 4.69) is 0 Å². The van der Waals surface area contributed by atoms with Gasteiger partial charge >= 0.3 is 0 Å². The van der Waals surface area contributed by atoms with Gasteiger partial charge in [-0.05, 0) is 47.5 Å². The number of hydrogen-bond acceptors (Lipinski definition) is 4. The van der Waals surface area contributed by atoms with E-state index in [1.54, 1.807) is 24.3 Å². The molecule has 4 heteroatoms. The van der Waals surface area contributed by atoms with Gasteiger partial charge in [0.15, 0.2) is 0 Å². The van der Waals surface area contributed by atoms with Crippen molar-refractivity contribution in [2.24, 2.45) is 0 Å². The third-order valence-electron chi connectivity index (χ3n) is 3.47. The molecule has 0 aromatic heterocycles. The molecule has 0 bridgehead atoms. The molecule has 3 aromatic carbocycles. The van der Waals surface area contributed by atoms with Gasteiger partial charge in [0.1, 0.15) is 23.0 Å². The molecule has 0 aliphatic heterocycles. The van der Waals surface area contributed by atoms with E-state index in [-0.39, 0.29) is 23.0 Å². The second-order valence-corrected chi connectivity index (χ2v) is 4.98. The first-order valence-corrected chi connectivity index (χ1v) is 6.69. The van der Waals surface area contributed by atoms with Gasteiger partial charge in [0.25, 0.3) is 0 Å². The number of rotatable bonds is 2. The Morgan fingerprint density at radius 2 is 0.818 bits per heavy atom. The molecule has 0 aliphatic rings. The first-order valence-electron chi connectivity index (χ1n) is 6.69. The molecule has 0 unspecified atom stereocenters. The maximum Gasteiger partial charge on any atom is 0.123 e. The number of aromatic hydroxyl groups is 4. The van der Waals surface area contributed by atoms with Gasteiger partial charge in [0, 0.05) is 11.1 Å². The summed E-state index contributed by atoms with van der Waals surface area (Å²) in [6.45, 7) is 0. The first kappa shape index (κ1) is 13.8. The topological polar surface area (TPSA) is 80.9 Å². The largest absolute Gasteiger partial charge is 0.508 e. The molecule has 0 fully saturated rings. The summed E-state index contributed by atoms with van der Waals surface area (Å²) in [5, 5.41) is 38.8. The van der Waals surface area contributed by atoms with Crippen molar-refractivity contribution in [3.05, 3.63) is 60.7 Å². The van der Waals surface area contributed by atoms with Crippen molar-refractivity contribution in [2.45, 2.75) is 0 Å². The summed E-state index contributed by atoms with van der Waals surface area (Å²) in [7, 11) is 0. The molecule has 22 heavy (non-hydrogen) atoms. The van der Waals surface area contributed by atoms with Crippen LogP contribution in [0.1, 0.15) is 0 Å². The molecule has 0 atom stereocenters. The van der Waals surface area contributed by atoms with Gasteiger partial charge in [-0.15, -0.1) is 0 Å². The average molecular weight is 294 g/mol. The number of hydrogen-bond donors (Lipinski definition) is 4. The summed E-state index contributed by atoms with van der Waals surface area (Å²) in [6, 6.07) is 15.7. The molecule has 0 saturated heterocycles. The Hall–Kier alpha value is -3.14. The van der Waals surface area contributed by atoms with Crippen molar-refractivity contribution in [1.29, 1.82) is 0 Å². The molecule has 0 heterocycles. The van der Waals surface area contributed by atoms with Crippen LogP contribution in [-0.2, 0) is 0 Å². The quantitative estimate of drug-likeness (QED) is 0.541. The standard InChI is InChI=1S/C18H14O4/c19-13-5-7-17(21)15(9-13)11-1-2-12(4-3-11)16-10-14(20)6-8-18(16)22/h1-10,19-22H. The predicted octanol–water partition coefficient (Wildman–Crippen LogP) is 3.84. The fourth-order valence-corrected chi connectivity index (χ4v) is 2.34. The van der Waals surface area contributed by atoms with Gasteiger partial charge in [-0.2, -0.15) is 0 Å². The molecule has 110 valence electrons. The average Bonchev–Trinajstić information content (AvgIpc) is 2.52. The highest BCUT2D eigenvalue weighted by atomic mass is 16.3. The van der Waals surface area contributed by atoms with Gasteiger partial charge in [0.05, 0.1) is 0 Å². The lowest BCUT2D eigenvalue weighted by atomic mass is 9.99. The molecule has 4 N–H and O–H groups in total. The Kier molecular flexibility index (Phi) is 3.35. The lowest BCUT2D eigenvalue weighted by molar-refractivity contribution is 0.462. The summed E-state index contributed by atoms with van der Waals surface area (Å²) in [5.41, 5.74) is 2.51. The molecule has 3 aromatic rings. The summed E-state index contributed by atoms with van der Waals surface area (Å²) in [4.78, 5) is 0. The van der Waals surface area contributed by atoms with Crippen LogP contribution in [0.15, 0.2) is 60.7 Å². The van der Waals surface area contributed by atoms with Crippen molar-refractivity contribution < 1.29 is 20.4 Å². The molecule has 0 radical (unpaired) electrons. The Morgan fingerprint density at radius 3 is 1.18 bits per heavy atom. The zero-order chi connectivity index (χ0) is 15.7. The van der Waals surface area contributed by atoms with Crippen LogP contribution >= 0.6 is 0 Å². The first-order chi connectivity index (χ1) is 10.5. The Bertz CT molecular complexity index is 752. The zero-order valence-electron chi connectivity index (χ0n) is 11.6. The van der Waals surface area contributed by atoms with Crippen LogP contribution in [0.5, 0.6) is 23.0 Å². The second kappa shape index (κ2) is 5.33. The Balaban J connectivity index is 2.03. The van der Waals surface area contributed by atoms with E-state index < -0.39 is 0 Å². The van der Waals surface area contributed by atoms with E-state index in [9.17, 15) is 20.4 Å². The minimum atomic E-state index is 0.0718. The zero-order valence-corrected chi connectivity index (χ0v) is 11.6. The SMILES string of the molecule is Oc1ccc(O)c(-c2ccc(-c3cc(O)ccc3O)cc2)c1. The fraction of sp³-hybridized carbons (Fsp3) is 0. The van der Waals surface area contributed by atoms with Gasteiger partial charge < -0.3 is 20.4 Å². The van der Waals surface area contributed by atoms with Gasteiger partial charge in [-0.3, -0.25) is 0 Å². The van der Waals surface area contributed by atoms with E-state index in [0.717, 1.165) is 11.1 Å². The van der Waals surface area contributed by atoms with Crippen molar-refractivity contribution >= 4 is 0 Å². The molecular weight excluding hydrogens is 280 g/mol. The highest BCUT2D eigenvalue weighted by Gasteiger charge is 2.08. The van der Waals surface area contributed by atoms with E-state index in [4.69, 9.17) is 0 Å². The van der Waals surface area contributed by atoms with Crippen molar-refractivity contribution in [2.75, 3.05) is 0 Å². The van der Waals surface area contributed by atoms with Crippen LogP contribution in [-0.4, -0.2) is 20.4 Å². The smallest absolute Gasteiger partial charge is 0.123 e.